The highest BCUT2D eigenvalue weighted by atomic mass is 79.9. The SMILES string of the molecule is NS(=O)(=O)C1CC(=O)N(c2ccc3cc(Br)ccc3n2)C1. The third-order valence-electron chi connectivity index (χ3n) is 3.47. The number of primary sulfonamides is 1. The van der Waals surface area contributed by atoms with Gasteiger partial charge in [-0.25, -0.2) is 18.5 Å². The highest BCUT2D eigenvalue weighted by molar-refractivity contribution is 9.10. The smallest absolute Gasteiger partial charge is 0.229 e. The molecule has 1 saturated heterocycles. The number of nitrogens with two attached hydrogens (primary N) is 1. The summed E-state index contributed by atoms with van der Waals surface area (Å²) >= 11 is 3.38. The van der Waals surface area contributed by atoms with Crippen molar-refractivity contribution in [3.05, 3.63) is 34.8 Å². The molecule has 6 nitrogen and oxygen atoms in total. The maximum Gasteiger partial charge on any atom is 0.229 e. The van der Waals surface area contributed by atoms with Gasteiger partial charge in [0.2, 0.25) is 15.9 Å². The van der Waals surface area contributed by atoms with Crippen molar-refractivity contribution < 1.29 is 13.2 Å². The molecule has 2 aromatic rings. The quantitative estimate of drug-likeness (QED) is 0.865. The van der Waals surface area contributed by atoms with Crippen molar-refractivity contribution in [2.75, 3.05) is 11.4 Å². The third-order valence-corrected chi connectivity index (χ3v) is 5.21. The number of anilines is 1. The van der Waals surface area contributed by atoms with E-state index in [1.807, 2.05) is 24.3 Å². The Kier molecular flexibility index (Phi) is 3.46. The van der Waals surface area contributed by atoms with Gasteiger partial charge in [0.1, 0.15) is 11.1 Å². The number of halogens is 1. The number of hydrogen-bond acceptors (Lipinski definition) is 4. The van der Waals surface area contributed by atoms with Crippen molar-refractivity contribution in [2.45, 2.75) is 11.7 Å². The lowest BCUT2D eigenvalue weighted by Crippen LogP contribution is -2.32. The number of aromatic nitrogens is 1. The van der Waals surface area contributed by atoms with Gasteiger partial charge in [-0.2, -0.15) is 0 Å². The molecular weight excluding hydrogens is 358 g/mol. The largest absolute Gasteiger partial charge is 0.295 e. The molecular formula is C13H12BrN3O3S. The average molecular weight is 370 g/mol. The van der Waals surface area contributed by atoms with Crippen LogP contribution in [-0.4, -0.2) is 31.1 Å². The van der Waals surface area contributed by atoms with Crippen LogP contribution >= 0.6 is 15.9 Å². The van der Waals surface area contributed by atoms with Crippen LogP contribution < -0.4 is 10.0 Å². The fourth-order valence-corrected chi connectivity index (χ4v) is 3.46. The standard InChI is InChI=1S/C13H12BrN3O3S/c14-9-2-3-11-8(5-9)1-4-12(16-11)17-7-10(6-13(17)18)21(15,19)20/h1-5,10H,6-7H2,(H2,15,19,20). The molecule has 0 saturated carbocycles. The second-order valence-corrected chi connectivity index (χ2v) is 7.69. The summed E-state index contributed by atoms with van der Waals surface area (Å²) in [5, 5.41) is 5.18. The van der Waals surface area contributed by atoms with Crippen molar-refractivity contribution in [3.8, 4) is 0 Å². The van der Waals surface area contributed by atoms with Gasteiger partial charge in [0, 0.05) is 22.8 Å². The number of benzene rings is 1. The zero-order chi connectivity index (χ0) is 15.2. The van der Waals surface area contributed by atoms with E-state index in [0.29, 0.717) is 5.82 Å². The minimum atomic E-state index is -3.72. The van der Waals surface area contributed by atoms with Crippen molar-refractivity contribution in [3.63, 3.8) is 0 Å². The number of nitrogens with zero attached hydrogens (tertiary/aromatic N) is 2. The van der Waals surface area contributed by atoms with Gasteiger partial charge < -0.3 is 0 Å². The molecule has 1 atom stereocenters. The summed E-state index contributed by atoms with van der Waals surface area (Å²) in [5.41, 5.74) is 0.738. The molecule has 1 fully saturated rings. The van der Waals surface area contributed by atoms with E-state index in [-0.39, 0.29) is 18.9 Å². The van der Waals surface area contributed by atoms with Crippen molar-refractivity contribution >= 4 is 48.6 Å². The summed E-state index contributed by atoms with van der Waals surface area (Å²) in [6.07, 6.45) is -0.0983. The first-order valence-corrected chi connectivity index (χ1v) is 8.63. The van der Waals surface area contributed by atoms with Gasteiger partial charge in [0.05, 0.1) is 5.52 Å². The number of amides is 1. The lowest BCUT2D eigenvalue weighted by atomic mass is 10.2. The fourth-order valence-electron chi connectivity index (χ4n) is 2.35. The van der Waals surface area contributed by atoms with Gasteiger partial charge in [-0.05, 0) is 30.3 Å². The van der Waals surface area contributed by atoms with E-state index in [4.69, 9.17) is 5.14 Å². The van der Waals surface area contributed by atoms with Crippen LogP contribution in [0, 0.1) is 0 Å². The topological polar surface area (TPSA) is 93.4 Å². The molecule has 0 spiro atoms. The average Bonchev–Trinajstić information content (AvgIpc) is 2.80. The molecule has 1 aromatic carbocycles. The molecule has 1 aliphatic heterocycles. The Labute approximate surface area is 130 Å². The van der Waals surface area contributed by atoms with Gasteiger partial charge >= 0.3 is 0 Å². The number of carbonyl (C=O) groups excluding carboxylic acids is 1. The zero-order valence-corrected chi connectivity index (χ0v) is 13.3. The van der Waals surface area contributed by atoms with E-state index in [1.54, 1.807) is 6.07 Å². The highest BCUT2D eigenvalue weighted by Crippen LogP contribution is 2.26. The third kappa shape index (κ3) is 2.78. The van der Waals surface area contributed by atoms with Crippen LogP contribution in [0.5, 0.6) is 0 Å². The van der Waals surface area contributed by atoms with Crippen LogP contribution in [-0.2, 0) is 14.8 Å². The molecule has 1 unspecified atom stereocenters. The summed E-state index contributed by atoms with van der Waals surface area (Å²) in [7, 11) is -3.72. The summed E-state index contributed by atoms with van der Waals surface area (Å²) in [4.78, 5) is 17.8. The van der Waals surface area contributed by atoms with Crippen LogP contribution in [0.25, 0.3) is 10.9 Å². The van der Waals surface area contributed by atoms with E-state index >= 15 is 0 Å². The van der Waals surface area contributed by atoms with Gasteiger partial charge in [0.15, 0.2) is 0 Å². The van der Waals surface area contributed by atoms with E-state index < -0.39 is 15.3 Å². The Hall–Kier alpha value is -1.51. The van der Waals surface area contributed by atoms with Gasteiger partial charge in [-0.15, -0.1) is 0 Å². The van der Waals surface area contributed by atoms with E-state index in [0.717, 1.165) is 15.4 Å². The number of pyridine rings is 1. The summed E-state index contributed by atoms with van der Waals surface area (Å²) in [6.45, 7) is 0.0483. The van der Waals surface area contributed by atoms with Crippen LogP contribution in [0.4, 0.5) is 5.82 Å². The Morgan fingerprint density at radius 1 is 1.29 bits per heavy atom. The minimum Gasteiger partial charge on any atom is -0.295 e. The molecule has 1 amide bonds. The van der Waals surface area contributed by atoms with Crippen LogP contribution in [0.15, 0.2) is 34.8 Å². The number of carbonyl (C=O) groups is 1. The maximum atomic E-state index is 12.0. The lowest BCUT2D eigenvalue weighted by Gasteiger charge is -2.15. The molecule has 0 bridgehead atoms. The highest BCUT2D eigenvalue weighted by Gasteiger charge is 2.37. The fraction of sp³-hybridized carbons (Fsp3) is 0.231. The predicted molar refractivity (Wildman–Crippen MR) is 83.3 cm³/mol. The maximum absolute atomic E-state index is 12.0. The van der Waals surface area contributed by atoms with Gasteiger partial charge in [-0.3, -0.25) is 9.69 Å². The molecule has 3 rings (SSSR count). The molecule has 2 heterocycles. The normalized spacial score (nSPS) is 19.4. The Bertz CT molecular complexity index is 838. The molecule has 0 aliphatic carbocycles. The van der Waals surface area contributed by atoms with Gasteiger partial charge in [-0.1, -0.05) is 15.9 Å². The van der Waals surface area contributed by atoms with Crippen molar-refractivity contribution in [1.29, 1.82) is 0 Å². The number of rotatable bonds is 2. The lowest BCUT2D eigenvalue weighted by molar-refractivity contribution is -0.117. The molecule has 0 radical (unpaired) electrons. The molecule has 1 aromatic heterocycles. The van der Waals surface area contributed by atoms with Crippen LogP contribution in [0.3, 0.4) is 0 Å². The first-order chi connectivity index (χ1) is 9.84. The summed E-state index contributed by atoms with van der Waals surface area (Å²) in [6, 6.07) is 9.17. The molecule has 21 heavy (non-hydrogen) atoms. The first kappa shape index (κ1) is 14.4. The molecule has 2 N–H and O–H groups in total. The number of hydrogen-bond donors (Lipinski definition) is 1. The van der Waals surface area contributed by atoms with Gasteiger partial charge in [0.25, 0.3) is 0 Å². The first-order valence-electron chi connectivity index (χ1n) is 6.23. The van der Waals surface area contributed by atoms with Crippen molar-refractivity contribution in [2.24, 2.45) is 5.14 Å². The van der Waals surface area contributed by atoms with E-state index in [1.165, 1.54) is 4.90 Å². The Morgan fingerprint density at radius 2 is 2.05 bits per heavy atom. The molecule has 1 aliphatic rings. The zero-order valence-electron chi connectivity index (χ0n) is 10.9. The second kappa shape index (κ2) is 5.04. The number of sulfonamides is 1. The van der Waals surface area contributed by atoms with Crippen LogP contribution in [0.2, 0.25) is 0 Å². The molecule has 8 heteroatoms. The molecule has 110 valence electrons. The van der Waals surface area contributed by atoms with Crippen LogP contribution in [0.1, 0.15) is 6.42 Å². The Morgan fingerprint density at radius 3 is 2.71 bits per heavy atom. The Balaban J connectivity index is 1.97. The second-order valence-electron chi connectivity index (χ2n) is 4.93. The number of fused-ring (bicyclic) bond motifs is 1. The summed E-state index contributed by atoms with van der Waals surface area (Å²) < 4.78 is 23.7. The summed E-state index contributed by atoms with van der Waals surface area (Å²) in [5.74, 6) is 0.166. The van der Waals surface area contributed by atoms with Crippen molar-refractivity contribution in [1.82, 2.24) is 4.98 Å². The monoisotopic (exact) mass is 369 g/mol. The minimum absolute atomic E-state index is 0.0483. The predicted octanol–water partition coefficient (Wildman–Crippen LogP) is 1.39. The van der Waals surface area contributed by atoms with E-state index in [9.17, 15) is 13.2 Å². The van der Waals surface area contributed by atoms with E-state index in [2.05, 4.69) is 20.9 Å².